The zero-order valence-corrected chi connectivity index (χ0v) is 13.2. The molecule has 0 unspecified atom stereocenters. The molecule has 0 aromatic rings. The molecule has 1 aliphatic heterocycles. The summed E-state index contributed by atoms with van der Waals surface area (Å²) in [6.07, 6.45) is 12.8. The third-order valence-corrected chi connectivity index (χ3v) is 4.33. The van der Waals surface area contributed by atoms with Gasteiger partial charge in [-0.25, -0.2) is 4.39 Å². The van der Waals surface area contributed by atoms with Crippen molar-refractivity contribution in [2.75, 3.05) is 6.54 Å². The lowest BCUT2D eigenvalue weighted by atomic mass is 9.83. The topological polar surface area (TPSA) is 58.4 Å². The summed E-state index contributed by atoms with van der Waals surface area (Å²) in [5, 5.41) is 2.99. The van der Waals surface area contributed by atoms with Gasteiger partial charge in [-0.05, 0) is 37.7 Å². The normalized spacial score (nSPS) is 25.8. The number of carbonyl (C=O) groups excluding carboxylic acids is 1. The van der Waals surface area contributed by atoms with E-state index < -0.39 is 0 Å². The van der Waals surface area contributed by atoms with Gasteiger partial charge < -0.3 is 16.0 Å². The summed E-state index contributed by atoms with van der Waals surface area (Å²) in [5.41, 5.74) is 5.94. The second-order valence-corrected chi connectivity index (χ2v) is 6.18. The fraction of sp³-hybridized carbons (Fsp3) is 0.588. The third-order valence-electron chi connectivity index (χ3n) is 4.33. The second-order valence-electron chi connectivity index (χ2n) is 6.18. The summed E-state index contributed by atoms with van der Waals surface area (Å²) in [6, 6.07) is 0.209. The van der Waals surface area contributed by atoms with Crippen molar-refractivity contribution in [3.63, 3.8) is 0 Å². The minimum Gasteiger partial charge on any atom is -0.393 e. The number of nitrogens with one attached hydrogen (secondary N) is 1. The predicted octanol–water partition coefficient (Wildman–Crippen LogP) is 2.94. The molecular weight excluding hydrogens is 281 g/mol. The maximum Gasteiger partial charge on any atom is 0.268 e. The summed E-state index contributed by atoms with van der Waals surface area (Å²) >= 11 is 0. The van der Waals surface area contributed by atoms with Gasteiger partial charge in [-0.15, -0.1) is 0 Å². The number of halogens is 1. The van der Waals surface area contributed by atoms with Crippen LogP contribution < -0.4 is 11.1 Å². The number of nitrogens with two attached hydrogens (primary N) is 1. The van der Waals surface area contributed by atoms with Crippen LogP contribution in [0, 0.1) is 5.92 Å². The van der Waals surface area contributed by atoms with Crippen LogP contribution in [0.1, 0.15) is 45.4 Å². The number of hydrogen-bond donors (Lipinski definition) is 2. The highest BCUT2D eigenvalue weighted by atomic mass is 19.1. The Hall–Kier alpha value is -1.78. The Labute approximate surface area is 131 Å². The molecule has 4 nitrogen and oxygen atoms in total. The van der Waals surface area contributed by atoms with Crippen LogP contribution in [0.3, 0.4) is 0 Å². The number of carbonyl (C=O) groups is 1. The highest BCUT2D eigenvalue weighted by Crippen LogP contribution is 2.27. The van der Waals surface area contributed by atoms with E-state index in [2.05, 4.69) is 12.2 Å². The predicted molar refractivity (Wildman–Crippen MR) is 86.1 cm³/mol. The molecule has 3 N–H and O–H groups in total. The molecule has 0 aromatic heterocycles. The maximum absolute atomic E-state index is 13.1. The van der Waals surface area contributed by atoms with Crippen LogP contribution in [-0.2, 0) is 4.79 Å². The van der Waals surface area contributed by atoms with Crippen molar-refractivity contribution in [1.82, 2.24) is 10.2 Å². The Balaban J connectivity index is 1.81. The molecule has 0 radical (unpaired) electrons. The van der Waals surface area contributed by atoms with E-state index in [9.17, 15) is 9.18 Å². The van der Waals surface area contributed by atoms with E-state index in [0.717, 1.165) is 18.8 Å². The molecule has 122 valence electrons. The SMILES string of the molecule is CCCC1CCC(NC(=O)/C(N)=C/N2C=C(F)C=CC2)CC1. The van der Waals surface area contributed by atoms with Gasteiger partial charge in [0.1, 0.15) is 11.5 Å². The van der Waals surface area contributed by atoms with E-state index in [1.807, 2.05) is 0 Å². The number of allylic oxidation sites excluding steroid dienone is 2. The van der Waals surface area contributed by atoms with Gasteiger partial charge in [0.05, 0.1) is 0 Å². The molecule has 1 heterocycles. The van der Waals surface area contributed by atoms with Crippen molar-refractivity contribution in [2.45, 2.75) is 51.5 Å². The minimum absolute atomic E-state index is 0.120. The van der Waals surface area contributed by atoms with Crippen LogP contribution in [0.25, 0.3) is 0 Å². The molecule has 0 bridgehead atoms. The van der Waals surface area contributed by atoms with Crippen LogP contribution in [-0.4, -0.2) is 23.4 Å². The molecule has 0 atom stereocenters. The average molecular weight is 307 g/mol. The smallest absolute Gasteiger partial charge is 0.268 e. The first kappa shape index (κ1) is 16.6. The molecular formula is C17H26FN3O. The lowest BCUT2D eigenvalue weighted by Gasteiger charge is -2.29. The Kier molecular flexibility index (Phi) is 6.04. The van der Waals surface area contributed by atoms with Crippen LogP contribution in [0.4, 0.5) is 4.39 Å². The van der Waals surface area contributed by atoms with Crippen LogP contribution in [0.15, 0.2) is 36.1 Å². The Morgan fingerprint density at radius 1 is 1.45 bits per heavy atom. The maximum atomic E-state index is 13.1. The number of hydrogen-bond acceptors (Lipinski definition) is 3. The molecule has 0 aromatic carbocycles. The molecule has 1 fully saturated rings. The summed E-state index contributed by atoms with van der Waals surface area (Å²) in [4.78, 5) is 13.7. The Morgan fingerprint density at radius 3 is 2.82 bits per heavy atom. The first-order valence-corrected chi connectivity index (χ1v) is 8.16. The summed E-state index contributed by atoms with van der Waals surface area (Å²) < 4.78 is 13.1. The van der Waals surface area contributed by atoms with Gasteiger partial charge in [-0.1, -0.05) is 25.8 Å². The summed E-state index contributed by atoms with van der Waals surface area (Å²) in [5.74, 6) is 0.201. The van der Waals surface area contributed by atoms with Crippen molar-refractivity contribution in [2.24, 2.45) is 11.7 Å². The summed E-state index contributed by atoms with van der Waals surface area (Å²) in [7, 11) is 0. The fourth-order valence-corrected chi connectivity index (χ4v) is 3.14. The quantitative estimate of drug-likeness (QED) is 0.768. The van der Waals surface area contributed by atoms with Crippen molar-refractivity contribution < 1.29 is 9.18 Å². The van der Waals surface area contributed by atoms with Gasteiger partial charge in [0.15, 0.2) is 0 Å². The summed E-state index contributed by atoms with van der Waals surface area (Å²) in [6.45, 7) is 2.73. The fourth-order valence-electron chi connectivity index (χ4n) is 3.14. The lowest BCUT2D eigenvalue weighted by molar-refractivity contribution is -0.118. The average Bonchev–Trinajstić information content (AvgIpc) is 2.49. The molecule has 0 saturated heterocycles. The van der Waals surface area contributed by atoms with Crippen molar-refractivity contribution in [3.05, 3.63) is 36.1 Å². The monoisotopic (exact) mass is 307 g/mol. The van der Waals surface area contributed by atoms with Gasteiger partial charge in [-0.2, -0.15) is 0 Å². The Morgan fingerprint density at radius 2 is 2.18 bits per heavy atom. The molecule has 2 aliphatic rings. The van der Waals surface area contributed by atoms with E-state index >= 15 is 0 Å². The number of rotatable bonds is 5. The molecule has 2 rings (SSSR count). The standard InChI is InChI=1S/C17H26FN3O/c1-2-4-13-6-8-15(9-7-13)20-17(22)16(19)12-21-10-3-5-14(18)11-21/h3,5,11-13,15H,2,4,6-10,19H2,1H3,(H,20,22)/b16-12-. The van der Waals surface area contributed by atoms with E-state index in [1.165, 1.54) is 44.2 Å². The van der Waals surface area contributed by atoms with Crippen molar-refractivity contribution in [1.29, 1.82) is 0 Å². The van der Waals surface area contributed by atoms with Crippen LogP contribution >= 0.6 is 0 Å². The van der Waals surface area contributed by atoms with Gasteiger partial charge in [0, 0.05) is 25.0 Å². The first-order chi connectivity index (χ1) is 10.6. The largest absolute Gasteiger partial charge is 0.393 e. The zero-order valence-electron chi connectivity index (χ0n) is 13.2. The van der Waals surface area contributed by atoms with Crippen molar-refractivity contribution in [3.8, 4) is 0 Å². The molecule has 1 aliphatic carbocycles. The van der Waals surface area contributed by atoms with E-state index in [4.69, 9.17) is 5.73 Å². The van der Waals surface area contributed by atoms with E-state index in [-0.39, 0.29) is 23.5 Å². The molecule has 0 spiro atoms. The highest BCUT2D eigenvalue weighted by molar-refractivity contribution is 5.92. The molecule has 5 heteroatoms. The van der Waals surface area contributed by atoms with Crippen molar-refractivity contribution >= 4 is 5.91 Å². The van der Waals surface area contributed by atoms with Gasteiger partial charge in [-0.3, -0.25) is 4.79 Å². The van der Waals surface area contributed by atoms with Gasteiger partial charge >= 0.3 is 0 Å². The lowest BCUT2D eigenvalue weighted by Crippen LogP contribution is -2.40. The molecule has 1 saturated carbocycles. The first-order valence-electron chi connectivity index (χ1n) is 8.16. The molecule has 22 heavy (non-hydrogen) atoms. The molecule has 1 amide bonds. The van der Waals surface area contributed by atoms with Gasteiger partial charge in [0.2, 0.25) is 0 Å². The Bertz CT molecular complexity index is 476. The second kappa shape index (κ2) is 8.01. The van der Waals surface area contributed by atoms with E-state index in [1.54, 1.807) is 11.0 Å². The van der Waals surface area contributed by atoms with Crippen LogP contribution in [0.5, 0.6) is 0 Å². The van der Waals surface area contributed by atoms with Crippen LogP contribution in [0.2, 0.25) is 0 Å². The number of nitrogens with zero attached hydrogens (tertiary/aromatic N) is 1. The minimum atomic E-state index is -0.343. The highest BCUT2D eigenvalue weighted by Gasteiger charge is 2.22. The number of amides is 1. The van der Waals surface area contributed by atoms with E-state index in [0.29, 0.717) is 6.54 Å². The third kappa shape index (κ3) is 4.90. The zero-order chi connectivity index (χ0) is 15.9. The van der Waals surface area contributed by atoms with Gasteiger partial charge in [0.25, 0.3) is 5.91 Å².